The van der Waals surface area contributed by atoms with Crippen LogP contribution in [0.3, 0.4) is 0 Å². The Morgan fingerprint density at radius 3 is 2.95 bits per heavy atom. The molecule has 3 rings (SSSR count). The number of thioether (sulfide) groups is 1. The number of hydrogen-bond donors (Lipinski definition) is 1. The molecule has 20 heavy (non-hydrogen) atoms. The molecule has 0 bridgehead atoms. The molecule has 0 radical (unpaired) electrons. The van der Waals surface area contributed by atoms with E-state index in [0.29, 0.717) is 0 Å². The van der Waals surface area contributed by atoms with Gasteiger partial charge in [-0.25, -0.2) is 4.39 Å². The quantitative estimate of drug-likeness (QED) is 0.661. The summed E-state index contributed by atoms with van der Waals surface area (Å²) in [4.78, 5) is 1.04. The van der Waals surface area contributed by atoms with E-state index in [0.717, 1.165) is 38.5 Å². The second kappa shape index (κ2) is 5.66. The molecule has 0 spiro atoms. The third kappa shape index (κ3) is 2.94. The van der Waals surface area contributed by atoms with Gasteiger partial charge in [-0.15, -0.1) is 11.8 Å². The summed E-state index contributed by atoms with van der Waals surface area (Å²) in [6.07, 6.45) is 0.816. The molecule has 0 aliphatic carbocycles. The monoisotopic (exact) mass is 353 g/mol. The third-order valence-corrected chi connectivity index (χ3v) is 4.87. The van der Waals surface area contributed by atoms with Crippen molar-refractivity contribution in [2.75, 3.05) is 11.5 Å². The zero-order valence-corrected chi connectivity index (χ0v) is 13.0. The van der Waals surface area contributed by atoms with E-state index in [1.165, 1.54) is 6.07 Å². The van der Waals surface area contributed by atoms with Crippen LogP contribution in [0.1, 0.15) is 5.56 Å². The number of halogens is 2. The summed E-state index contributed by atoms with van der Waals surface area (Å²) < 4.78 is 19.9. The fourth-order valence-corrected chi connectivity index (χ4v) is 3.54. The molecule has 1 aliphatic heterocycles. The van der Waals surface area contributed by atoms with E-state index in [2.05, 4.69) is 15.9 Å². The van der Waals surface area contributed by atoms with Gasteiger partial charge >= 0.3 is 0 Å². The number of nitrogens with two attached hydrogens (primary N) is 1. The van der Waals surface area contributed by atoms with E-state index in [9.17, 15) is 4.39 Å². The molecule has 5 heteroatoms. The normalized spacial score (nSPS) is 16.8. The third-order valence-electron chi connectivity index (χ3n) is 3.16. The van der Waals surface area contributed by atoms with Gasteiger partial charge in [0, 0.05) is 32.8 Å². The first-order valence-corrected chi connectivity index (χ1v) is 8.02. The molecule has 1 unspecified atom stereocenters. The second-order valence-corrected chi connectivity index (χ2v) is 6.67. The topological polar surface area (TPSA) is 35.2 Å². The number of ether oxygens (including phenoxy) is 1. The van der Waals surface area contributed by atoms with Crippen LogP contribution in [0, 0.1) is 5.82 Å². The van der Waals surface area contributed by atoms with E-state index in [4.69, 9.17) is 10.5 Å². The van der Waals surface area contributed by atoms with E-state index in [-0.39, 0.29) is 11.9 Å². The Balaban J connectivity index is 1.63. The number of anilines is 1. The van der Waals surface area contributed by atoms with Crippen LogP contribution in [0.4, 0.5) is 10.1 Å². The van der Waals surface area contributed by atoms with Crippen LogP contribution in [0.25, 0.3) is 0 Å². The first kappa shape index (κ1) is 13.8. The number of fused-ring (bicyclic) bond motifs is 1. The lowest BCUT2D eigenvalue weighted by atomic mass is 10.1. The van der Waals surface area contributed by atoms with Gasteiger partial charge in [0.2, 0.25) is 0 Å². The molecule has 2 N–H and O–H groups in total. The predicted molar refractivity (Wildman–Crippen MR) is 83.8 cm³/mol. The van der Waals surface area contributed by atoms with Crippen LogP contribution in [-0.4, -0.2) is 11.9 Å². The molecule has 2 aromatic carbocycles. The number of rotatable bonds is 3. The van der Waals surface area contributed by atoms with Gasteiger partial charge in [0.15, 0.2) is 0 Å². The van der Waals surface area contributed by atoms with E-state index < -0.39 is 0 Å². The molecule has 0 saturated carbocycles. The summed E-state index contributed by atoms with van der Waals surface area (Å²) in [7, 11) is 0. The van der Waals surface area contributed by atoms with E-state index in [1.807, 2.05) is 18.2 Å². The Bertz CT molecular complexity index is 650. The fourth-order valence-electron chi connectivity index (χ4n) is 2.22. The first-order chi connectivity index (χ1) is 9.61. The molecular weight excluding hydrogens is 341 g/mol. The van der Waals surface area contributed by atoms with Crippen molar-refractivity contribution in [3.8, 4) is 5.75 Å². The summed E-state index contributed by atoms with van der Waals surface area (Å²) >= 11 is 5.05. The molecule has 1 aliphatic rings. The lowest BCUT2D eigenvalue weighted by Gasteiger charge is -2.11. The smallest absolute Gasteiger partial charge is 0.123 e. The Hall–Kier alpha value is -1.20. The molecular formula is C15H13BrFNOS. The first-order valence-electron chi connectivity index (χ1n) is 6.25. The second-order valence-electron chi connectivity index (χ2n) is 4.69. The molecule has 0 fully saturated rings. The van der Waals surface area contributed by atoms with Crippen LogP contribution in [0.5, 0.6) is 5.75 Å². The minimum absolute atomic E-state index is 0.0693. The molecule has 1 heterocycles. The predicted octanol–water partition coefficient (Wildman–Crippen LogP) is 4.27. The summed E-state index contributed by atoms with van der Waals surface area (Å²) in [6, 6.07) is 10.5. The standard InChI is InChI=1S/C15H13BrFNOS/c16-10-1-4-15(13(18)7-10)20-8-12-6-9-5-11(17)2-3-14(9)19-12/h1-5,7,12H,6,8,18H2. The van der Waals surface area contributed by atoms with Crippen molar-refractivity contribution in [2.45, 2.75) is 17.4 Å². The average Bonchev–Trinajstić information content (AvgIpc) is 2.79. The molecule has 2 aromatic rings. The number of hydrogen-bond acceptors (Lipinski definition) is 3. The molecule has 1 atom stereocenters. The van der Waals surface area contributed by atoms with Gasteiger partial charge in [-0.05, 0) is 36.4 Å². The van der Waals surface area contributed by atoms with Crippen molar-refractivity contribution in [1.82, 2.24) is 0 Å². The van der Waals surface area contributed by atoms with Crippen LogP contribution in [0.15, 0.2) is 45.8 Å². The highest BCUT2D eigenvalue weighted by Gasteiger charge is 2.23. The Morgan fingerprint density at radius 2 is 2.15 bits per heavy atom. The summed E-state index contributed by atoms with van der Waals surface area (Å²) in [6.45, 7) is 0. The lowest BCUT2D eigenvalue weighted by molar-refractivity contribution is 0.259. The highest BCUT2D eigenvalue weighted by atomic mass is 79.9. The number of nitrogen functional groups attached to an aromatic ring is 1. The van der Waals surface area contributed by atoms with Crippen molar-refractivity contribution in [1.29, 1.82) is 0 Å². The zero-order chi connectivity index (χ0) is 14.1. The summed E-state index contributed by atoms with van der Waals surface area (Å²) in [5.74, 6) is 1.38. The maximum absolute atomic E-state index is 13.1. The van der Waals surface area contributed by atoms with E-state index >= 15 is 0 Å². The Kier molecular flexibility index (Phi) is 3.89. The largest absolute Gasteiger partial charge is 0.489 e. The molecule has 0 aromatic heterocycles. The van der Waals surface area contributed by atoms with Crippen molar-refractivity contribution < 1.29 is 9.13 Å². The van der Waals surface area contributed by atoms with Gasteiger partial charge in [-0.1, -0.05) is 15.9 Å². The van der Waals surface area contributed by atoms with Gasteiger partial charge < -0.3 is 10.5 Å². The minimum atomic E-state index is -0.210. The van der Waals surface area contributed by atoms with Crippen LogP contribution >= 0.6 is 27.7 Å². The van der Waals surface area contributed by atoms with Gasteiger partial charge in [0.25, 0.3) is 0 Å². The highest BCUT2D eigenvalue weighted by Crippen LogP contribution is 2.34. The summed E-state index contributed by atoms with van der Waals surface area (Å²) in [5, 5.41) is 0. The maximum atomic E-state index is 13.1. The fraction of sp³-hybridized carbons (Fsp3) is 0.200. The maximum Gasteiger partial charge on any atom is 0.123 e. The van der Waals surface area contributed by atoms with Gasteiger partial charge in [0.05, 0.1) is 0 Å². The van der Waals surface area contributed by atoms with Crippen LogP contribution in [0.2, 0.25) is 0 Å². The molecule has 2 nitrogen and oxygen atoms in total. The average molecular weight is 354 g/mol. The van der Waals surface area contributed by atoms with E-state index in [1.54, 1.807) is 23.9 Å². The molecule has 0 saturated heterocycles. The van der Waals surface area contributed by atoms with Crippen molar-refractivity contribution in [3.63, 3.8) is 0 Å². The molecule has 0 amide bonds. The Labute approximate surface area is 129 Å². The van der Waals surface area contributed by atoms with Crippen LogP contribution < -0.4 is 10.5 Å². The zero-order valence-electron chi connectivity index (χ0n) is 10.6. The van der Waals surface area contributed by atoms with Crippen molar-refractivity contribution in [2.24, 2.45) is 0 Å². The minimum Gasteiger partial charge on any atom is -0.489 e. The Morgan fingerprint density at radius 1 is 1.30 bits per heavy atom. The molecule has 104 valence electrons. The van der Waals surface area contributed by atoms with Crippen molar-refractivity contribution in [3.05, 3.63) is 52.3 Å². The van der Waals surface area contributed by atoms with Gasteiger partial charge in [-0.3, -0.25) is 0 Å². The highest BCUT2D eigenvalue weighted by molar-refractivity contribution is 9.10. The van der Waals surface area contributed by atoms with Gasteiger partial charge in [0.1, 0.15) is 17.7 Å². The SMILES string of the molecule is Nc1cc(Br)ccc1SCC1Cc2cc(F)ccc2O1. The van der Waals surface area contributed by atoms with Crippen LogP contribution in [-0.2, 0) is 6.42 Å². The van der Waals surface area contributed by atoms with Crippen molar-refractivity contribution >= 4 is 33.4 Å². The van der Waals surface area contributed by atoms with Gasteiger partial charge in [-0.2, -0.15) is 0 Å². The summed E-state index contributed by atoms with van der Waals surface area (Å²) in [5.41, 5.74) is 7.67. The number of benzene rings is 2. The lowest BCUT2D eigenvalue weighted by Crippen LogP contribution is -2.15.